The molecule has 2 heterocycles. The molecule has 0 aliphatic heterocycles. The van der Waals surface area contributed by atoms with Crippen LogP contribution in [0.5, 0.6) is 0 Å². The summed E-state index contributed by atoms with van der Waals surface area (Å²) in [5.41, 5.74) is 9.49. The van der Waals surface area contributed by atoms with Crippen LogP contribution in [0.2, 0.25) is 0 Å². The number of nitrogens with zero attached hydrogens (tertiary/aromatic N) is 4. The van der Waals surface area contributed by atoms with E-state index in [9.17, 15) is 5.11 Å². The maximum Gasteiger partial charge on any atom is 0.159 e. The molecule has 0 atom stereocenters. The van der Waals surface area contributed by atoms with Crippen molar-refractivity contribution in [3.8, 4) is 0 Å². The molecule has 2 aromatic heterocycles. The number of nitrogens with two attached hydrogens (primary N) is 1. The third-order valence-corrected chi connectivity index (χ3v) is 4.04. The fourth-order valence-corrected chi connectivity index (χ4v) is 2.77. The molecule has 4 N–H and O–H groups in total. The lowest BCUT2D eigenvalue weighted by Gasteiger charge is -2.23. The largest absolute Gasteiger partial charge is 0.395 e. The summed E-state index contributed by atoms with van der Waals surface area (Å²) in [5, 5.41) is 13.5. The van der Waals surface area contributed by atoms with E-state index in [2.05, 4.69) is 20.3 Å². The molecular weight excluding hydrogens is 316 g/mol. The minimum Gasteiger partial charge on any atom is -0.395 e. The molecule has 0 bridgehead atoms. The number of anilines is 4. The molecule has 0 spiro atoms. The van der Waals surface area contributed by atoms with Crippen LogP contribution in [0.1, 0.15) is 12.6 Å². The van der Waals surface area contributed by atoms with Crippen LogP contribution in [0.4, 0.5) is 23.0 Å². The lowest BCUT2D eigenvalue weighted by Crippen LogP contribution is -2.28. The molecule has 7 heteroatoms. The van der Waals surface area contributed by atoms with E-state index < -0.39 is 0 Å². The van der Waals surface area contributed by atoms with Crippen molar-refractivity contribution in [2.75, 3.05) is 35.6 Å². The fourth-order valence-electron chi connectivity index (χ4n) is 2.77. The van der Waals surface area contributed by atoms with Gasteiger partial charge in [-0.15, -0.1) is 0 Å². The first kappa shape index (κ1) is 16.9. The van der Waals surface area contributed by atoms with E-state index >= 15 is 0 Å². The van der Waals surface area contributed by atoms with Crippen molar-refractivity contribution >= 4 is 33.9 Å². The van der Waals surface area contributed by atoms with Crippen molar-refractivity contribution in [1.29, 1.82) is 0 Å². The summed E-state index contributed by atoms with van der Waals surface area (Å²) in [6.45, 7) is 5.15. The Morgan fingerprint density at radius 2 is 2.04 bits per heavy atom. The van der Waals surface area contributed by atoms with Gasteiger partial charge in [-0.3, -0.25) is 4.98 Å². The number of nitrogen functional groups attached to an aromatic ring is 1. The molecule has 0 radical (unpaired) electrons. The highest BCUT2D eigenvalue weighted by molar-refractivity contribution is 5.94. The Balaban J connectivity index is 1.99. The van der Waals surface area contributed by atoms with Gasteiger partial charge in [0.2, 0.25) is 0 Å². The molecule has 0 amide bonds. The zero-order valence-corrected chi connectivity index (χ0v) is 14.4. The fraction of sp³-hybridized carbons (Fsp3) is 0.278. The third-order valence-electron chi connectivity index (χ3n) is 4.04. The molecule has 0 aliphatic carbocycles. The minimum absolute atomic E-state index is 0.0361. The van der Waals surface area contributed by atoms with Gasteiger partial charge in [0.1, 0.15) is 12.0 Å². The van der Waals surface area contributed by atoms with Gasteiger partial charge in [-0.2, -0.15) is 0 Å². The highest BCUT2D eigenvalue weighted by atomic mass is 16.3. The minimum atomic E-state index is 0.0361. The van der Waals surface area contributed by atoms with E-state index in [1.165, 1.54) is 6.33 Å². The van der Waals surface area contributed by atoms with Gasteiger partial charge in [-0.05, 0) is 38.1 Å². The molecule has 3 rings (SSSR count). The second-order valence-corrected chi connectivity index (χ2v) is 5.71. The molecule has 0 saturated carbocycles. The Labute approximate surface area is 146 Å². The van der Waals surface area contributed by atoms with E-state index in [0.717, 1.165) is 22.3 Å². The first-order valence-electron chi connectivity index (χ1n) is 8.23. The molecule has 130 valence electrons. The number of aryl methyl sites for hydroxylation is 1. The number of aromatic nitrogens is 3. The molecule has 1 aromatic carbocycles. The Bertz CT molecular complexity index is 883. The van der Waals surface area contributed by atoms with Gasteiger partial charge in [0, 0.05) is 29.9 Å². The van der Waals surface area contributed by atoms with Crippen LogP contribution in [-0.2, 0) is 0 Å². The highest BCUT2D eigenvalue weighted by Gasteiger charge is 2.14. The topological polar surface area (TPSA) is 100 Å². The second-order valence-electron chi connectivity index (χ2n) is 5.71. The van der Waals surface area contributed by atoms with Gasteiger partial charge in [-0.1, -0.05) is 6.07 Å². The van der Waals surface area contributed by atoms with Crippen molar-refractivity contribution in [3.05, 3.63) is 42.4 Å². The summed E-state index contributed by atoms with van der Waals surface area (Å²) in [4.78, 5) is 15.0. The lowest BCUT2D eigenvalue weighted by atomic mass is 10.1. The molecule has 0 aliphatic rings. The Morgan fingerprint density at radius 3 is 2.80 bits per heavy atom. The normalized spacial score (nSPS) is 10.8. The first-order valence-corrected chi connectivity index (χ1v) is 8.23. The standard InChI is InChI=1S/C18H22N6O/c1-3-24(9-10-25)18-16(19)17(20-11-21-18)23-15-6-4-5-14-13(15)8-7-12(2)22-14/h4-8,11,25H,3,9-10,19H2,1-2H3,(H,20,21,23). The third kappa shape index (κ3) is 3.46. The van der Waals surface area contributed by atoms with Crippen LogP contribution in [0, 0.1) is 6.92 Å². The summed E-state index contributed by atoms with van der Waals surface area (Å²) in [7, 11) is 0. The summed E-state index contributed by atoms with van der Waals surface area (Å²) in [6, 6.07) is 9.89. The molecule has 7 nitrogen and oxygen atoms in total. The summed E-state index contributed by atoms with van der Waals surface area (Å²) in [6.07, 6.45) is 1.47. The number of pyridine rings is 1. The highest BCUT2D eigenvalue weighted by Crippen LogP contribution is 2.31. The Morgan fingerprint density at radius 1 is 1.20 bits per heavy atom. The SMILES string of the molecule is CCN(CCO)c1ncnc(Nc2cccc3nc(C)ccc23)c1N. The van der Waals surface area contributed by atoms with Crippen LogP contribution in [0.25, 0.3) is 10.9 Å². The van der Waals surface area contributed by atoms with E-state index in [4.69, 9.17) is 5.73 Å². The molecule has 0 unspecified atom stereocenters. The zero-order valence-electron chi connectivity index (χ0n) is 14.4. The van der Waals surface area contributed by atoms with Crippen molar-refractivity contribution in [2.45, 2.75) is 13.8 Å². The van der Waals surface area contributed by atoms with Gasteiger partial charge in [0.15, 0.2) is 11.6 Å². The van der Waals surface area contributed by atoms with E-state index in [1.807, 2.05) is 49.1 Å². The molecule has 25 heavy (non-hydrogen) atoms. The van der Waals surface area contributed by atoms with Crippen LogP contribution in [0.15, 0.2) is 36.7 Å². The summed E-state index contributed by atoms with van der Waals surface area (Å²) >= 11 is 0. The van der Waals surface area contributed by atoms with Gasteiger partial charge in [-0.25, -0.2) is 9.97 Å². The number of hydrogen-bond acceptors (Lipinski definition) is 7. The summed E-state index contributed by atoms with van der Waals surface area (Å²) < 4.78 is 0. The van der Waals surface area contributed by atoms with Gasteiger partial charge in [0.05, 0.1) is 12.1 Å². The van der Waals surface area contributed by atoms with Crippen LogP contribution in [0.3, 0.4) is 0 Å². The van der Waals surface area contributed by atoms with Crippen LogP contribution >= 0.6 is 0 Å². The molecular formula is C18H22N6O. The van der Waals surface area contributed by atoms with Crippen molar-refractivity contribution in [1.82, 2.24) is 15.0 Å². The predicted octanol–water partition coefficient (Wildman–Crippen LogP) is 2.48. The smallest absolute Gasteiger partial charge is 0.159 e. The van der Waals surface area contributed by atoms with E-state index in [1.54, 1.807) is 0 Å². The van der Waals surface area contributed by atoms with Crippen molar-refractivity contribution in [2.24, 2.45) is 0 Å². The summed E-state index contributed by atoms with van der Waals surface area (Å²) in [5.74, 6) is 1.15. The number of benzene rings is 1. The monoisotopic (exact) mass is 338 g/mol. The Kier molecular flexibility index (Phi) is 4.95. The zero-order chi connectivity index (χ0) is 17.8. The Hall–Kier alpha value is -2.93. The number of rotatable bonds is 6. The van der Waals surface area contributed by atoms with Gasteiger partial charge in [0.25, 0.3) is 0 Å². The van der Waals surface area contributed by atoms with Gasteiger partial charge >= 0.3 is 0 Å². The van der Waals surface area contributed by atoms with Gasteiger partial charge < -0.3 is 21.1 Å². The number of aliphatic hydroxyl groups is 1. The lowest BCUT2D eigenvalue weighted by molar-refractivity contribution is 0.302. The maximum absolute atomic E-state index is 9.22. The average Bonchev–Trinajstić information content (AvgIpc) is 2.61. The number of fused-ring (bicyclic) bond motifs is 1. The van der Waals surface area contributed by atoms with Crippen molar-refractivity contribution < 1.29 is 5.11 Å². The number of nitrogens with one attached hydrogen (secondary N) is 1. The molecule has 0 fully saturated rings. The average molecular weight is 338 g/mol. The molecule has 3 aromatic rings. The number of aliphatic hydroxyl groups excluding tert-OH is 1. The number of likely N-dealkylation sites (N-methyl/N-ethyl adjacent to an activating group) is 1. The number of hydrogen-bond donors (Lipinski definition) is 3. The molecule has 0 saturated heterocycles. The predicted molar refractivity (Wildman–Crippen MR) is 101 cm³/mol. The first-order chi connectivity index (χ1) is 12.1. The van der Waals surface area contributed by atoms with Crippen molar-refractivity contribution in [3.63, 3.8) is 0 Å². The van der Waals surface area contributed by atoms with Crippen LogP contribution in [-0.4, -0.2) is 39.8 Å². The van der Waals surface area contributed by atoms with E-state index in [0.29, 0.717) is 30.4 Å². The second kappa shape index (κ2) is 7.31. The quantitative estimate of drug-likeness (QED) is 0.635. The van der Waals surface area contributed by atoms with Crippen LogP contribution < -0.4 is 16.0 Å². The van der Waals surface area contributed by atoms with E-state index in [-0.39, 0.29) is 6.61 Å². The maximum atomic E-state index is 9.22.